The number of benzene rings is 1. The van der Waals surface area contributed by atoms with Gasteiger partial charge in [-0.05, 0) is 31.0 Å². The molecule has 2 N–H and O–H groups in total. The Labute approximate surface area is 96.6 Å². The second-order valence-corrected chi connectivity index (χ2v) is 4.09. The highest BCUT2D eigenvalue weighted by Crippen LogP contribution is 2.13. The SMILES string of the molecule is CCCC(C)OCC(N)c1cccc(F)c1. The fraction of sp³-hybridized carbons (Fsp3) is 0.538. The number of nitrogens with two attached hydrogens (primary N) is 1. The van der Waals surface area contributed by atoms with Crippen LogP contribution < -0.4 is 5.73 Å². The smallest absolute Gasteiger partial charge is 0.123 e. The van der Waals surface area contributed by atoms with Gasteiger partial charge in [0.2, 0.25) is 0 Å². The maximum absolute atomic E-state index is 13.0. The molecule has 0 saturated heterocycles. The molecule has 1 rings (SSSR count). The summed E-state index contributed by atoms with van der Waals surface area (Å²) in [7, 11) is 0. The highest BCUT2D eigenvalue weighted by molar-refractivity contribution is 5.19. The highest BCUT2D eigenvalue weighted by atomic mass is 19.1. The Balaban J connectivity index is 2.43. The van der Waals surface area contributed by atoms with Crippen molar-refractivity contribution in [3.05, 3.63) is 35.6 Å². The van der Waals surface area contributed by atoms with E-state index in [2.05, 4.69) is 6.92 Å². The van der Waals surface area contributed by atoms with Crippen molar-refractivity contribution < 1.29 is 9.13 Å². The summed E-state index contributed by atoms with van der Waals surface area (Å²) in [5.74, 6) is -0.255. The van der Waals surface area contributed by atoms with E-state index in [-0.39, 0.29) is 18.0 Å². The van der Waals surface area contributed by atoms with Gasteiger partial charge in [-0.25, -0.2) is 4.39 Å². The van der Waals surface area contributed by atoms with E-state index in [1.165, 1.54) is 12.1 Å². The summed E-state index contributed by atoms with van der Waals surface area (Å²) in [4.78, 5) is 0. The molecular weight excluding hydrogens is 205 g/mol. The Morgan fingerprint density at radius 3 is 2.81 bits per heavy atom. The van der Waals surface area contributed by atoms with E-state index >= 15 is 0 Å². The number of hydrogen-bond acceptors (Lipinski definition) is 2. The highest BCUT2D eigenvalue weighted by Gasteiger charge is 2.09. The van der Waals surface area contributed by atoms with Crippen molar-refractivity contribution in [2.75, 3.05) is 6.61 Å². The van der Waals surface area contributed by atoms with Crippen molar-refractivity contribution in [2.24, 2.45) is 5.73 Å². The first-order chi connectivity index (χ1) is 7.63. The summed E-state index contributed by atoms with van der Waals surface area (Å²) >= 11 is 0. The van der Waals surface area contributed by atoms with Gasteiger partial charge in [-0.15, -0.1) is 0 Å². The Bertz CT molecular complexity index is 317. The lowest BCUT2D eigenvalue weighted by atomic mass is 10.1. The van der Waals surface area contributed by atoms with E-state index in [0.717, 1.165) is 18.4 Å². The third kappa shape index (κ3) is 4.29. The molecule has 0 aliphatic rings. The topological polar surface area (TPSA) is 35.2 Å². The second kappa shape index (κ2) is 6.61. The second-order valence-electron chi connectivity index (χ2n) is 4.09. The van der Waals surface area contributed by atoms with E-state index in [1.54, 1.807) is 6.07 Å². The van der Waals surface area contributed by atoms with Crippen molar-refractivity contribution in [1.29, 1.82) is 0 Å². The number of halogens is 1. The molecule has 1 aromatic carbocycles. The van der Waals surface area contributed by atoms with Gasteiger partial charge in [0.25, 0.3) is 0 Å². The normalized spacial score (nSPS) is 14.8. The van der Waals surface area contributed by atoms with E-state index in [4.69, 9.17) is 10.5 Å². The van der Waals surface area contributed by atoms with Crippen LogP contribution in [0, 0.1) is 5.82 Å². The first-order valence-corrected chi connectivity index (χ1v) is 5.76. The maximum atomic E-state index is 13.0. The summed E-state index contributed by atoms with van der Waals surface area (Å²) in [5, 5.41) is 0. The monoisotopic (exact) mass is 225 g/mol. The minimum absolute atomic E-state index is 0.213. The van der Waals surface area contributed by atoms with E-state index in [1.807, 2.05) is 13.0 Å². The molecule has 1 aromatic rings. The van der Waals surface area contributed by atoms with Crippen molar-refractivity contribution in [2.45, 2.75) is 38.8 Å². The molecule has 0 heterocycles. The average molecular weight is 225 g/mol. The Morgan fingerprint density at radius 1 is 1.44 bits per heavy atom. The van der Waals surface area contributed by atoms with Gasteiger partial charge in [0.15, 0.2) is 0 Å². The molecule has 16 heavy (non-hydrogen) atoms. The van der Waals surface area contributed by atoms with Crippen LogP contribution in [0.4, 0.5) is 4.39 Å². The molecule has 0 aliphatic carbocycles. The minimum atomic E-state index is -0.255. The molecule has 90 valence electrons. The van der Waals surface area contributed by atoms with Crippen LogP contribution >= 0.6 is 0 Å². The average Bonchev–Trinajstić information content (AvgIpc) is 2.26. The predicted octanol–water partition coefficient (Wildman–Crippen LogP) is 3.03. The lowest BCUT2D eigenvalue weighted by molar-refractivity contribution is 0.0503. The fourth-order valence-corrected chi connectivity index (χ4v) is 1.59. The van der Waals surface area contributed by atoms with Gasteiger partial charge in [-0.2, -0.15) is 0 Å². The van der Waals surface area contributed by atoms with Crippen LogP contribution in [0.5, 0.6) is 0 Å². The van der Waals surface area contributed by atoms with Crippen molar-refractivity contribution in [3.63, 3.8) is 0 Å². The van der Waals surface area contributed by atoms with E-state index in [0.29, 0.717) is 6.61 Å². The Kier molecular flexibility index (Phi) is 5.43. The number of hydrogen-bond donors (Lipinski definition) is 1. The van der Waals surface area contributed by atoms with Crippen LogP contribution in [0.3, 0.4) is 0 Å². The summed E-state index contributed by atoms with van der Waals surface area (Å²) in [6, 6.07) is 6.10. The van der Waals surface area contributed by atoms with Crippen LogP contribution in [0.2, 0.25) is 0 Å². The lowest BCUT2D eigenvalue weighted by Gasteiger charge is -2.16. The quantitative estimate of drug-likeness (QED) is 0.807. The van der Waals surface area contributed by atoms with Gasteiger partial charge < -0.3 is 10.5 Å². The lowest BCUT2D eigenvalue weighted by Crippen LogP contribution is -2.20. The molecule has 2 atom stereocenters. The molecule has 2 nitrogen and oxygen atoms in total. The number of rotatable bonds is 6. The van der Waals surface area contributed by atoms with Gasteiger partial charge in [0.05, 0.1) is 18.8 Å². The fourth-order valence-electron chi connectivity index (χ4n) is 1.59. The molecule has 2 unspecified atom stereocenters. The zero-order valence-electron chi connectivity index (χ0n) is 9.95. The third-order valence-electron chi connectivity index (χ3n) is 2.53. The molecular formula is C13H20FNO. The maximum Gasteiger partial charge on any atom is 0.123 e. The molecule has 0 fully saturated rings. The van der Waals surface area contributed by atoms with Crippen LogP contribution in [-0.4, -0.2) is 12.7 Å². The minimum Gasteiger partial charge on any atom is -0.377 e. The van der Waals surface area contributed by atoms with Gasteiger partial charge in [0.1, 0.15) is 5.82 Å². The van der Waals surface area contributed by atoms with Gasteiger partial charge in [-0.3, -0.25) is 0 Å². The summed E-state index contributed by atoms with van der Waals surface area (Å²) in [6.07, 6.45) is 2.33. The predicted molar refractivity (Wildman–Crippen MR) is 63.7 cm³/mol. The van der Waals surface area contributed by atoms with Crippen molar-refractivity contribution >= 4 is 0 Å². The van der Waals surface area contributed by atoms with Crippen molar-refractivity contribution in [3.8, 4) is 0 Å². The molecule has 0 radical (unpaired) electrons. The molecule has 0 saturated carbocycles. The largest absolute Gasteiger partial charge is 0.377 e. The summed E-state index contributed by atoms with van der Waals surface area (Å²) in [5.41, 5.74) is 6.70. The Hall–Kier alpha value is -0.930. The van der Waals surface area contributed by atoms with Crippen LogP contribution in [-0.2, 0) is 4.74 Å². The molecule has 0 spiro atoms. The van der Waals surface area contributed by atoms with E-state index < -0.39 is 0 Å². The molecule has 3 heteroatoms. The van der Waals surface area contributed by atoms with Gasteiger partial charge in [0, 0.05) is 0 Å². The standard InChI is InChI=1S/C13H20FNO/c1-3-5-10(2)16-9-13(15)11-6-4-7-12(14)8-11/h4,6-8,10,13H,3,5,9,15H2,1-2H3. The van der Waals surface area contributed by atoms with Crippen LogP contribution in [0.15, 0.2) is 24.3 Å². The van der Waals surface area contributed by atoms with Crippen molar-refractivity contribution in [1.82, 2.24) is 0 Å². The molecule has 0 bridgehead atoms. The summed E-state index contributed by atoms with van der Waals surface area (Å²) in [6.45, 7) is 4.58. The van der Waals surface area contributed by atoms with Crippen LogP contribution in [0.25, 0.3) is 0 Å². The van der Waals surface area contributed by atoms with Gasteiger partial charge in [-0.1, -0.05) is 25.5 Å². The molecule has 0 aromatic heterocycles. The van der Waals surface area contributed by atoms with E-state index in [9.17, 15) is 4.39 Å². The molecule has 0 amide bonds. The van der Waals surface area contributed by atoms with Gasteiger partial charge >= 0.3 is 0 Å². The Morgan fingerprint density at radius 2 is 2.19 bits per heavy atom. The zero-order chi connectivity index (χ0) is 12.0. The zero-order valence-corrected chi connectivity index (χ0v) is 9.95. The first kappa shape index (κ1) is 13.1. The first-order valence-electron chi connectivity index (χ1n) is 5.76. The number of ether oxygens (including phenoxy) is 1. The van der Waals surface area contributed by atoms with Crippen LogP contribution in [0.1, 0.15) is 38.3 Å². The molecule has 0 aliphatic heterocycles. The summed E-state index contributed by atoms with van der Waals surface area (Å²) < 4.78 is 18.5. The third-order valence-corrected chi connectivity index (χ3v) is 2.53.